The van der Waals surface area contributed by atoms with Gasteiger partial charge in [-0.15, -0.1) is 0 Å². The highest BCUT2D eigenvalue weighted by Crippen LogP contribution is 2.33. The van der Waals surface area contributed by atoms with Gasteiger partial charge in [0, 0.05) is 36.8 Å². The molecule has 1 unspecified atom stereocenters. The van der Waals surface area contributed by atoms with Gasteiger partial charge in [-0.1, -0.05) is 6.07 Å². The van der Waals surface area contributed by atoms with Crippen LogP contribution in [-0.2, 0) is 11.2 Å². The lowest BCUT2D eigenvalue weighted by molar-refractivity contribution is 0.0365. The van der Waals surface area contributed by atoms with Crippen molar-refractivity contribution < 1.29 is 9.53 Å². The zero-order valence-corrected chi connectivity index (χ0v) is 12.6. The lowest BCUT2D eigenvalue weighted by atomic mass is 9.82. The Hall–Kier alpha value is -1.88. The first-order chi connectivity index (χ1) is 10.7. The molecule has 1 aromatic carbocycles. The first-order valence-corrected chi connectivity index (χ1v) is 8.08. The number of carbonyl (C=O) groups is 1. The number of carbonyl (C=O) groups excluding carboxylic acids is 1. The molecule has 0 bridgehead atoms. The van der Waals surface area contributed by atoms with E-state index in [1.807, 2.05) is 18.2 Å². The second-order valence-electron chi connectivity index (χ2n) is 6.42. The summed E-state index contributed by atoms with van der Waals surface area (Å²) in [7, 11) is 0. The number of aryl methyl sites for hydroxylation is 1. The second kappa shape index (κ2) is 5.39. The van der Waals surface area contributed by atoms with Gasteiger partial charge in [-0.05, 0) is 43.4 Å². The van der Waals surface area contributed by atoms with Gasteiger partial charge in [-0.25, -0.2) is 0 Å². The van der Waals surface area contributed by atoms with Crippen LogP contribution >= 0.6 is 0 Å². The largest absolute Gasteiger partial charge is 0.381 e. The molecule has 116 valence electrons. The topological polar surface area (TPSA) is 67.9 Å². The highest BCUT2D eigenvalue weighted by atomic mass is 16.5. The molecule has 2 N–H and O–H groups in total. The van der Waals surface area contributed by atoms with Crippen LogP contribution in [0, 0.1) is 5.92 Å². The number of hydrogen-bond acceptors (Lipinski definition) is 4. The van der Waals surface area contributed by atoms with Gasteiger partial charge in [0.25, 0.3) is 0 Å². The Balaban J connectivity index is 1.63. The standard InChI is InChI=1S/C17H21N3O2/c18-17(21)12-3-4-15-11(9-12)1-2-13-10-20(19-16(13)15)14-5-7-22-8-6-14/h3-4,9,13-14H,1-2,5-8,10H2,(H2,18,21). The van der Waals surface area contributed by atoms with E-state index in [0.29, 0.717) is 17.5 Å². The van der Waals surface area contributed by atoms with E-state index in [2.05, 4.69) is 5.01 Å². The molecule has 2 aliphatic heterocycles. The van der Waals surface area contributed by atoms with Crippen molar-refractivity contribution in [2.24, 2.45) is 16.8 Å². The quantitative estimate of drug-likeness (QED) is 0.901. The smallest absolute Gasteiger partial charge is 0.248 e. The number of hydrogen-bond donors (Lipinski definition) is 1. The highest BCUT2D eigenvalue weighted by Gasteiger charge is 2.35. The number of nitrogens with zero attached hydrogens (tertiary/aromatic N) is 2. The summed E-state index contributed by atoms with van der Waals surface area (Å²) in [6.45, 7) is 2.71. The zero-order chi connectivity index (χ0) is 15.1. The molecule has 3 aliphatic rings. The van der Waals surface area contributed by atoms with E-state index in [9.17, 15) is 4.79 Å². The van der Waals surface area contributed by atoms with E-state index in [4.69, 9.17) is 15.6 Å². The molecule has 0 radical (unpaired) electrons. The molecule has 0 spiro atoms. The van der Waals surface area contributed by atoms with E-state index < -0.39 is 0 Å². The molecule has 22 heavy (non-hydrogen) atoms. The maximum Gasteiger partial charge on any atom is 0.248 e. The zero-order valence-electron chi connectivity index (χ0n) is 12.6. The van der Waals surface area contributed by atoms with Gasteiger partial charge in [0.1, 0.15) is 0 Å². The van der Waals surface area contributed by atoms with Crippen LogP contribution in [0.1, 0.15) is 40.7 Å². The van der Waals surface area contributed by atoms with E-state index in [1.165, 1.54) is 16.8 Å². The summed E-state index contributed by atoms with van der Waals surface area (Å²) < 4.78 is 5.45. The SMILES string of the molecule is NC(=O)c1ccc2c(c1)CCC1CN(C3CCOCC3)N=C21. The second-order valence-corrected chi connectivity index (χ2v) is 6.42. The lowest BCUT2D eigenvalue weighted by Crippen LogP contribution is -2.36. The third-order valence-electron chi connectivity index (χ3n) is 5.07. The fourth-order valence-electron chi connectivity index (χ4n) is 3.82. The van der Waals surface area contributed by atoms with Crippen LogP contribution in [0.2, 0.25) is 0 Å². The third-order valence-corrected chi connectivity index (χ3v) is 5.07. The van der Waals surface area contributed by atoms with Gasteiger partial charge >= 0.3 is 0 Å². The molecule has 1 atom stereocenters. The minimum Gasteiger partial charge on any atom is -0.381 e. The number of primary amides is 1. The van der Waals surface area contributed by atoms with Crippen LogP contribution < -0.4 is 5.73 Å². The summed E-state index contributed by atoms with van der Waals surface area (Å²) >= 11 is 0. The number of nitrogens with two attached hydrogens (primary N) is 1. The van der Waals surface area contributed by atoms with Crippen molar-refractivity contribution in [1.82, 2.24) is 5.01 Å². The Kier molecular flexibility index (Phi) is 3.37. The summed E-state index contributed by atoms with van der Waals surface area (Å²) in [6.07, 6.45) is 4.24. The molecule has 4 rings (SSSR count). The van der Waals surface area contributed by atoms with Gasteiger partial charge in [0.2, 0.25) is 5.91 Å². The minimum absolute atomic E-state index is 0.359. The van der Waals surface area contributed by atoms with Crippen LogP contribution in [-0.4, -0.2) is 42.4 Å². The van der Waals surface area contributed by atoms with Crippen molar-refractivity contribution >= 4 is 11.6 Å². The number of rotatable bonds is 2. The third kappa shape index (κ3) is 2.29. The Labute approximate surface area is 130 Å². The molecule has 1 amide bonds. The number of amides is 1. The number of ether oxygens (including phenoxy) is 1. The van der Waals surface area contributed by atoms with E-state index in [-0.39, 0.29) is 5.91 Å². The monoisotopic (exact) mass is 299 g/mol. The van der Waals surface area contributed by atoms with Crippen LogP contribution in [0.4, 0.5) is 0 Å². The summed E-state index contributed by atoms with van der Waals surface area (Å²) in [5.74, 6) is 0.164. The molecule has 0 saturated carbocycles. The first kappa shape index (κ1) is 13.8. The van der Waals surface area contributed by atoms with Crippen LogP contribution in [0.25, 0.3) is 0 Å². The van der Waals surface area contributed by atoms with Crippen molar-refractivity contribution in [3.8, 4) is 0 Å². The molecule has 5 heteroatoms. The first-order valence-electron chi connectivity index (χ1n) is 8.08. The van der Waals surface area contributed by atoms with E-state index >= 15 is 0 Å². The van der Waals surface area contributed by atoms with Gasteiger partial charge in [-0.3, -0.25) is 9.80 Å². The highest BCUT2D eigenvalue weighted by molar-refractivity contribution is 6.06. The van der Waals surface area contributed by atoms with Crippen molar-refractivity contribution in [3.05, 3.63) is 34.9 Å². The lowest BCUT2D eigenvalue weighted by Gasteiger charge is -2.30. The van der Waals surface area contributed by atoms with Gasteiger partial charge in [-0.2, -0.15) is 5.10 Å². The molecule has 1 fully saturated rings. The summed E-state index contributed by atoms with van der Waals surface area (Å²) in [5, 5.41) is 7.21. The van der Waals surface area contributed by atoms with Crippen LogP contribution in [0.3, 0.4) is 0 Å². The molecule has 1 aliphatic carbocycles. The van der Waals surface area contributed by atoms with E-state index in [0.717, 1.165) is 45.4 Å². The Bertz CT molecular complexity index is 635. The fraction of sp³-hybridized carbons (Fsp3) is 0.529. The van der Waals surface area contributed by atoms with Crippen LogP contribution in [0.5, 0.6) is 0 Å². The molecule has 1 aromatic rings. The van der Waals surface area contributed by atoms with Crippen LogP contribution in [0.15, 0.2) is 23.3 Å². The Morgan fingerprint density at radius 1 is 1.27 bits per heavy atom. The van der Waals surface area contributed by atoms with Gasteiger partial charge in [0.05, 0.1) is 11.8 Å². The summed E-state index contributed by atoms with van der Waals surface area (Å²) in [4.78, 5) is 11.3. The number of fused-ring (bicyclic) bond motifs is 3. The average molecular weight is 299 g/mol. The Morgan fingerprint density at radius 3 is 2.86 bits per heavy atom. The minimum atomic E-state index is -0.359. The number of benzene rings is 1. The normalized spacial score (nSPS) is 24.6. The van der Waals surface area contributed by atoms with Gasteiger partial charge < -0.3 is 10.5 Å². The molecule has 1 saturated heterocycles. The molecule has 5 nitrogen and oxygen atoms in total. The van der Waals surface area contributed by atoms with E-state index in [1.54, 1.807) is 0 Å². The predicted octanol–water partition coefficient (Wildman–Crippen LogP) is 1.55. The number of hydrazone groups is 1. The summed E-state index contributed by atoms with van der Waals surface area (Å²) in [6, 6.07) is 6.30. The molecular formula is C17H21N3O2. The fourth-order valence-corrected chi connectivity index (χ4v) is 3.82. The molecule has 0 aromatic heterocycles. The maximum atomic E-state index is 11.3. The van der Waals surface area contributed by atoms with Crippen molar-refractivity contribution in [3.63, 3.8) is 0 Å². The van der Waals surface area contributed by atoms with Gasteiger partial charge in [0.15, 0.2) is 0 Å². The summed E-state index contributed by atoms with van der Waals surface area (Å²) in [5.41, 5.74) is 9.59. The maximum absolute atomic E-state index is 11.3. The van der Waals surface area contributed by atoms with Crippen molar-refractivity contribution in [1.29, 1.82) is 0 Å². The Morgan fingerprint density at radius 2 is 2.09 bits per heavy atom. The average Bonchev–Trinajstić information content (AvgIpc) is 2.99. The predicted molar refractivity (Wildman–Crippen MR) is 83.9 cm³/mol. The van der Waals surface area contributed by atoms with Crippen molar-refractivity contribution in [2.75, 3.05) is 19.8 Å². The molecular weight excluding hydrogens is 278 g/mol. The molecule has 2 heterocycles. The van der Waals surface area contributed by atoms with Crippen molar-refractivity contribution in [2.45, 2.75) is 31.7 Å².